The van der Waals surface area contributed by atoms with Gasteiger partial charge in [0.05, 0.1) is 17.7 Å². The average Bonchev–Trinajstić information content (AvgIpc) is 3.83. The van der Waals surface area contributed by atoms with E-state index in [1.54, 1.807) is 50.2 Å². The van der Waals surface area contributed by atoms with Crippen LogP contribution in [-0.4, -0.2) is 50.4 Å². The molecule has 0 radical (unpaired) electrons. The standard InChI is InChI=1S/C37H35FN6O8/c1-21(2)30(31(46)33-42-43-35(52-33)37(3,4)24-12-15-27-28(16-24)51-20-50-27)41-29(45)18-44-32(23-10-13-25(38)14-11-23)39-17-26(34(44)47)40-36(48)49-19-22-8-6-5-7-9-22/h5-17,21,30H,18-20H2,1-4H3,(H,40,48)(H,41,45)/t30-/m0/s1. The summed E-state index contributed by atoms with van der Waals surface area (Å²) >= 11 is 0. The lowest BCUT2D eigenvalue weighted by Crippen LogP contribution is -2.46. The van der Waals surface area contributed by atoms with E-state index in [-0.39, 0.29) is 36.7 Å². The van der Waals surface area contributed by atoms with Crippen molar-refractivity contribution in [2.75, 3.05) is 12.1 Å². The summed E-state index contributed by atoms with van der Waals surface area (Å²) in [7, 11) is 0. The number of Topliss-reactive ketones (excluding diaryl/α,β-unsaturated/α-hetero) is 1. The van der Waals surface area contributed by atoms with Gasteiger partial charge in [-0.15, -0.1) is 10.2 Å². The van der Waals surface area contributed by atoms with Gasteiger partial charge in [-0.3, -0.25) is 24.3 Å². The highest BCUT2D eigenvalue weighted by molar-refractivity contribution is 5.98. The van der Waals surface area contributed by atoms with E-state index in [2.05, 4.69) is 25.8 Å². The number of carbonyl (C=O) groups excluding carboxylic acids is 3. The molecule has 268 valence electrons. The van der Waals surface area contributed by atoms with Crippen LogP contribution in [0.25, 0.3) is 11.4 Å². The molecule has 2 aromatic heterocycles. The highest BCUT2D eigenvalue weighted by Crippen LogP contribution is 2.38. The van der Waals surface area contributed by atoms with Crippen LogP contribution in [0.15, 0.2) is 88.2 Å². The number of nitrogens with zero attached hydrogens (tertiary/aromatic N) is 4. The van der Waals surface area contributed by atoms with E-state index in [1.165, 1.54) is 24.3 Å². The molecular weight excluding hydrogens is 675 g/mol. The van der Waals surface area contributed by atoms with Gasteiger partial charge in [-0.25, -0.2) is 14.2 Å². The van der Waals surface area contributed by atoms with Crippen LogP contribution in [0.1, 0.15) is 55.4 Å². The molecule has 1 aliphatic heterocycles. The summed E-state index contributed by atoms with van der Waals surface area (Å²) < 4.78 is 36.8. The van der Waals surface area contributed by atoms with Crippen LogP contribution in [0, 0.1) is 11.7 Å². The fraction of sp³-hybridized carbons (Fsp3) is 0.270. The van der Waals surface area contributed by atoms with Crippen LogP contribution in [0.5, 0.6) is 11.5 Å². The van der Waals surface area contributed by atoms with Crippen molar-refractivity contribution in [3.05, 3.63) is 118 Å². The van der Waals surface area contributed by atoms with Crippen LogP contribution in [-0.2, 0) is 28.1 Å². The number of hydrogen-bond acceptors (Lipinski definition) is 11. The smallest absolute Gasteiger partial charge is 0.412 e. The van der Waals surface area contributed by atoms with Crippen LogP contribution in [0.3, 0.4) is 0 Å². The maximum absolute atomic E-state index is 13.8. The first-order valence-corrected chi connectivity index (χ1v) is 16.3. The summed E-state index contributed by atoms with van der Waals surface area (Å²) in [5, 5.41) is 13.2. The molecule has 1 aliphatic rings. The zero-order valence-corrected chi connectivity index (χ0v) is 28.7. The Morgan fingerprint density at radius 1 is 0.981 bits per heavy atom. The predicted octanol–water partition coefficient (Wildman–Crippen LogP) is 5.26. The third kappa shape index (κ3) is 7.67. The van der Waals surface area contributed by atoms with Crippen molar-refractivity contribution in [1.82, 2.24) is 25.1 Å². The number of aromatic nitrogens is 4. The fourth-order valence-electron chi connectivity index (χ4n) is 5.44. The lowest BCUT2D eigenvalue weighted by Gasteiger charge is -2.22. The normalized spacial score (nSPS) is 12.7. The van der Waals surface area contributed by atoms with Crippen LogP contribution < -0.4 is 25.7 Å². The molecule has 2 amide bonds. The number of rotatable bonds is 12. The molecular formula is C37H35FN6O8. The van der Waals surface area contributed by atoms with Crippen molar-refractivity contribution in [3.63, 3.8) is 0 Å². The topological polar surface area (TPSA) is 177 Å². The molecule has 6 rings (SSSR count). The predicted molar refractivity (Wildman–Crippen MR) is 184 cm³/mol. The summed E-state index contributed by atoms with van der Waals surface area (Å²) in [4.78, 5) is 57.9. The number of benzene rings is 3. The Morgan fingerprint density at radius 2 is 1.71 bits per heavy atom. The van der Waals surface area contributed by atoms with Gasteiger partial charge in [-0.2, -0.15) is 0 Å². The number of fused-ring (bicyclic) bond motifs is 1. The number of amides is 2. The second-order valence-corrected chi connectivity index (χ2v) is 12.8. The largest absolute Gasteiger partial charge is 0.454 e. The number of ether oxygens (including phenoxy) is 3. The average molecular weight is 711 g/mol. The van der Waals surface area contributed by atoms with E-state index in [0.29, 0.717) is 17.1 Å². The molecule has 52 heavy (non-hydrogen) atoms. The number of ketones is 1. The number of carbonyl (C=O) groups is 3. The van der Waals surface area contributed by atoms with E-state index in [9.17, 15) is 23.6 Å². The molecule has 0 saturated carbocycles. The SMILES string of the molecule is CC(C)[C@H](NC(=O)Cn1c(-c2ccc(F)cc2)ncc(NC(=O)OCc2ccccc2)c1=O)C(=O)c1nnc(C(C)(C)c2ccc3c(c2)OCO3)o1. The Bertz CT molecular complexity index is 2170. The van der Waals surface area contributed by atoms with E-state index in [0.717, 1.165) is 21.9 Å². The maximum atomic E-state index is 13.8. The van der Waals surface area contributed by atoms with Crippen LogP contribution in [0.4, 0.5) is 14.9 Å². The van der Waals surface area contributed by atoms with Crippen LogP contribution in [0.2, 0.25) is 0 Å². The van der Waals surface area contributed by atoms with Gasteiger partial charge in [-0.05, 0) is 67.3 Å². The molecule has 0 spiro atoms. The molecule has 5 aromatic rings. The highest BCUT2D eigenvalue weighted by Gasteiger charge is 2.35. The summed E-state index contributed by atoms with van der Waals surface area (Å²) in [6.07, 6.45) is 0.206. The lowest BCUT2D eigenvalue weighted by molar-refractivity contribution is -0.122. The first-order chi connectivity index (χ1) is 24.9. The molecule has 0 bridgehead atoms. The van der Waals surface area contributed by atoms with E-state index in [4.69, 9.17) is 18.6 Å². The molecule has 3 aromatic carbocycles. The van der Waals surface area contributed by atoms with E-state index < -0.39 is 53.1 Å². The summed E-state index contributed by atoms with van der Waals surface area (Å²) in [5.74, 6) is -1.26. The quantitative estimate of drug-likeness (QED) is 0.162. The monoisotopic (exact) mass is 710 g/mol. The van der Waals surface area contributed by atoms with Gasteiger partial charge in [0.2, 0.25) is 24.4 Å². The lowest BCUT2D eigenvalue weighted by atomic mass is 9.84. The molecule has 14 nitrogen and oxygen atoms in total. The summed E-state index contributed by atoms with van der Waals surface area (Å²) in [6.45, 7) is 6.60. The minimum absolute atomic E-state index is 0.0167. The zero-order valence-electron chi connectivity index (χ0n) is 28.7. The van der Waals surface area contributed by atoms with Crippen molar-refractivity contribution in [1.29, 1.82) is 0 Å². The van der Waals surface area contributed by atoms with Crippen molar-refractivity contribution in [3.8, 4) is 22.9 Å². The van der Waals surface area contributed by atoms with E-state index >= 15 is 0 Å². The van der Waals surface area contributed by atoms with Crippen molar-refractivity contribution in [2.45, 2.75) is 52.3 Å². The number of nitrogens with one attached hydrogen (secondary N) is 2. The minimum Gasteiger partial charge on any atom is -0.454 e. The van der Waals surface area contributed by atoms with Crippen molar-refractivity contribution in [2.24, 2.45) is 5.92 Å². The molecule has 15 heteroatoms. The minimum atomic E-state index is -1.12. The molecule has 1 atom stereocenters. The maximum Gasteiger partial charge on any atom is 0.412 e. The van der Waals surface area contributed by atoms with Gasteiger partial charge < -0.3 is 23.9 Å². The molecule has 0 saturated heterocycles. The summed E-state index contributed by atoms with van der Waals surface area (Å²) in [6, 6.07) is 18.4. The van der Waals surface area contributed by atoms with Gasteiger partial charge in [0.25, 0.3) is 11.4 Å². The Balaban J connectivity index is 1.21. The second-order valence-electron chi connectivity index (χ2n) is 12.8. The van der Waals surface area contributed by atoms with E-state index in [1.807, 2.05) is 26.0 Å². The second kappa shape index (κ2) is 14.8. The Hall–Kier alpha value is -6.38. The zero-order chi connectivity index (χ0) is 37.0. The molecule has 3 heterocycles. The van der Waals surface area contributed by atoms with Gasteiger partial charge in [-0.1, -0.05) is 50.2 Å². The van der Waals surface area contributed by atoms with Gasteiger partial charge in [0.1, 0.15) is 30.5 Å². The molecule has 2 N–H and O–H groups in total. The fourth-order valence-corrected chi connectivity index (χ4v) is 5.44. The first kappa shape index (κ1) is 35.4. The Labute approximate surface area is 297 Å². The van der Waals surface area contributed by atoms with Crippen LogP contribution >= 0.6 is 0 Å². The highest BCUT2D eigenvalue weighted by atomic mass is 19.1. The van der Waals surface area contributed by atoms with Gasteiger partial charge in [0, 0.05) is 5.56 Å². The third-order valence-electron chi connectivity index (χ3n) is 8.43. The third-order valence-corrected chi connectivity index (χ3v) is 8.43. The molecule has 0 aliphatic carbocycles. The van der Waals surface area contributed by atoms with Crippen molar-refractivity contribution < 1.29 is 37.4 Å². The van der Waals surface area contributed by atoms with Crippen molar-refractivity contribution >= 4 is 23.5 Å². The number of halogens is 1. The Kier molecular flexibility index (Phi) is 10.1. The van der Waals surface area contributed by atoms with Gasteiger partial charge >= 0.3 is 6.09 Å². The number of anilines is 1. The molecule has 0 fully saturated rings. The van der Waals surface area contributed by atoms with Gasteiger partial charge in [0.15, 0.2) is 11.5 Å². The molecule has 0 unspecified atom stereocenters. The first-order valence-electron chi connectivity index (χ1n) is 16.3. The summed E-state index contributed by atoms with van der Waals surface area (Å²) in [5.41, 5.74) is -0.0377. The Morgan fingerprint density at radius 3 is 2.44 bits per heavy atom. The number of hydrogen-bond donors (Lipinski definition) is 2.